The van der Waals surface area contributed by atoms with Crippen molar-refractivity contribution in [3.63, 3.8) is 0 Å². The molecule has 0 aliphatic heterocycles. The van der Waals surface area contributed by atoms with E-state index in [4.69, 9.17) is 11.6 Å². The van der Waals surface area contributed by atoms with Crippen LogP contribution in [0.2, 0.25) is 5.02 Å². The monoisotopic (exact) mass is 290 g/mol. The molecule has 0 saturated heterocycles. The first-order valence-corrected chi connectivity index (χ1v) is 5.87. The lowest BCUT2D eigenvalue weighted by molar-refractivity contribution is 0.202. The van der Waals surface area contributed by atoms with Crippen LogP contribution in [-0.2, 0) is 6.54 Å². The third kappa shape index (κ3) is 2.46. The zero-order valence-corrected chi connectivity index (χ0v) is 10.6. The molecule has 102 valence electrons. The van der Waals surface area contributed by atoms with Crippen LogP contribution in [0.1, 0.15) is 24.3 Å². The normalized spacial score (nSPS) is 12.7. The number of aryl methyl sites for hydroxylation is 1. The standard InChI is InChI=1S/C12H10ClF3N2O/c1-2-18-11(7(13)5-17-18)12(19)6-3-9(15)10(16)4-8(6)14/h3-5,12,19H,2H2,1H3. The van der Waals surface area contributed by atoms with E-state index in [1.54, 1.807) is 6.92 Å². The zero-order valence-electron chi connectivity index (χ0n) is 9.87. The van der Waals surface area contributed by atoms with Crippen LogP contribution < -0.4 is 0 Å². The van der Waals surface area contributed by atoms with Crippen LogP contribution in [-0.4, -0.2) is 14.9 Å². The van der Waals surface area contributed by atoms with Gasteiger partial charge in [-0.05, 0) is 13.0 Å². The number of halogens is 4. The first kappa shape index (κ1) is 13.9. The minimum Gasteiger partial charge on any atom is -0.382 e. The fourth-order valence-corrected chi connectivity index (χ4v) is 2.04. The van der Waals surface area contributed by atoms with Crippen molar-refractivity contribution in [3.05, 3.63) is 52.1 Å². The SMILES string of the molecule is CCn1ncc(Cl)c1C(O)c1cc(F)c(F)cc1F. The maximum atomic E-state index is 13.6. The van der Waals surface area contributed by atoms with Gasteiger partial charge in [-0.15, -0.1) is 0 Å². The molecule has 1 heterocycles. The van der Waals surface area contributed by atoms with Crippen molar-refractivity contribution in [3.8, 4) is 0 Å². The molecule has 2 rings (SSSR count). The molecule has 0 bridgehead atoms. The molecular weight excluding hydrogens is 281 g/mol. The first-order valence-electron chi connectivity index (χ1n) is 5.49. The lowest BCUT2D eigenvalue weighted by Crippen LogP contribution is -2.11. The molecule has 1 aromatic heterocycles. The molecule has 0 saturated carbocycles. The molecule has 0 aliphatic carbocycles. The lowest BCUT2D eigenvalue weighted by atomic mass is 10.1. The highest BCUT2D eigenvalue weighted by molar-refractivity contribution is 6.31. The summed E-state index contributed by atoms with van der Waals surface area (Å²) in [5, 5.41) is 14.1. The van der Waals surface area contributed by atoms with Gasteiger partial charge >= 0.3 is 0 Å². The van der Waals surface area contributed by atoms with Crippen molar-refractivity contribution >= 4 is 11.6 Å². The van der Waals surface area contributed by atoms with E-state index in [1.165, 1.54) is 10.9 Å². The van der Waals surface area contributed by atoms with Crippen LogP contribution in [0.25, 0.3) is 0 Å². The highest BCUT2D eigenvalue weighted by Crippen LogP contribution is 2.30. The summed E-state index contributed by atoms with van der Waals surface area (Å²) in [5.41, 5.74) is -0.259. The molecule has 1 N–H and O–H groups in total. The van der Waals surface area contributed by atoms with Crippen LogP contribution >= 0.6 is 11.6 Å². The Balaban J connectivity index is 2.52. The Morgan fingerprint density at radius 2 is 1.89 bits per heavy atom. The summed E-state index contributed by atoms with van der Waals surface area (Å²) in [4.78, 5) is 0. The Morgan fingerprint density at radius 1 is 1.26 bits per heavy atom. The summed E-state index contributed by atoms with van der Waals surface area (Å²) >= 11 is 5.86. The van der Waals surface area contributed by atoms with Gasteiger partial charge in [0, 0.05) is 18.2 Å². The van der Waals surface area contributed by atoms with Crippen LogP contribution in [0.15, 0.2) is 18.3 Å². The summed E-state index contributed by atoms with van der Waals surface area (Å²) in [7, 11) is 0. The third-order valence-electron chi connectivity index (χ3n) is 2.73. The van der Waals surface area contributed by atoms with E-state index in [2.05, 4.69) is 5.10 Å². The fraction of sp³-hybridized carbons (Fsp3) is 0.250. The van der Waals surface area contributed by atoms with E-state index in [9.17, 15) is 18.3 Å². The van der Waals surface area contributed by atoms with Gasteiger partial charge in [-0.25, -0.2) is 13.2 Å². The molecule has 1 unspecified atom stereocenters. The Bertz CT molecular complexity index is 615. The van der Waals surface area contributed by atoms with Gasteiger partial charge in [0.05, 0.1) is 16.9 Å². The van der Waals surface area contributed by atoms with Gasteiger partial charge < -0.3 is 5.11 Å². The van der Waals surface area contributed by atoms with Gasteiger partial charge in [0.25, 0.3) is 0 Å². The lowest BCUT2D eigenvalue weighted by Gasteiger charge is -2.14. The Hall–Kier alpha value is -1.53. The third-order valence-corrected chi connectivity index (χ3v) is 3.02. The van der Waals surface area contributed by atoms with E-state index in [0.717, 1.165) is 0 Å². The highest BCUT2D eigenvalue weighted by atomic mass is 35.5. The first-order chi connectivity index (χ1) is 8.95. The summed E-state index contributed by atoms with van der Waals surface area (Å²) < 4.78 is 40.9. The Morgan fingerprint density at radius 3 is 2.53 bits per heavy atom. The molecule has 3 nitrogen and oxygen atoms in total. The highest BCUT2D eigenvalue weighted by Gasteiger charge is 2.24. The second-order valence-electron chi connectivity index (χ2n) is 3.88. The van der Waals surface area contributed by atoms with E-state index >= 15 is 0 Å². The molecule has 0 amide bonds. The molecule has 7 heteroatoms. The maximum Gasteiger partial charge on any atom is 0.161 e. The van der Waals surface area contributed by atoms with Gasteiger partial charge in [0.15, 0.2) is 11.6 Å². The zero-order chi connectivity index (χ0) is 14.2. The van der Waals surface area contributed by atoms with Crippen molar-refractivity contribution in [1.82, 2.24) is 9.78 Å². The van der Waals surface area contributed by atoms with Crippen molar-refractivity contribution < 1.29 is 18.3 Å². The van der Waals surface area contributed by atoms with Crippen LogP contribution in [0.5, 0.6) is 0 Å². The number of aliphatic hydroxyl groups is 1. The molecule has 1 aromatic carbocycles. The summed E-state index contributed by atoms with van der Waals surface area (Å²) in [6.07, 6.45) is -0.230. The predicted molar refractivity (Wildman–Crippen MR) is 63.3 cm³/mol. The van der Waals surface area contributed by atoms with E-state index in [0.29, 0.717) is 18.7 Å². The van der Waals surface area contributed by atoms with Crippen molar-refractivity contribution in [2.75, 3.05) is 0 Å². The molecular formula is C12H10ClF3N2O. The average Bonchev–Trinajstić information content (AvgIpc) is 2.74. The van der Waals surface area contributed by atoms with E-state index in [-0.39, 0.29) is 10.7 Å². The smallest absolute Gasteiger partial charge is 0.161 e. The van der Waals surface area contributed by atoms with Crippen molar-refractivity contribution in [2.24, 2.45) is 0 Å². The summed E-state index contributed by atoms with van der Waals surface area (Å²) in [5.74, 6) is -3.61. The number of hydrogen-bond acceptors (Lipinski definition) is 2. The number of nitrogens with zero attached hydrogens (tertiary/aromatic N) is 2. The summed E-state index contributed by atoms with van der Waals surface area (Å²) in [6.45, 7) is 2.14. The minimum atomic E-state index is -1.52. The minimum absolute atomic E-state index is 0.124. The molecule has 0 aliphatic rings. The Labute approximate surface area is 112 Å². The largest absolute Gasteiger partial charge is 0.382 e. The average molecular weight is 291 g/mol. The van der Waals surface area contributed by atoms with Gasteiger partial charge in [-0.2, -0.15) is 5.10 Å². The van der Waals surface area contributed by atoms with Gasteiger partial charge in [0.2, 0.25) is 0 Å². The molecule has 0 fully saturated rings. The molecule has 2 aromatic rings. The van der Waals surface area contributed by atoms with Crippen molar-refractivity contribution in [2.45, 2.75) is 19.6 Å². The second-order valence-corrected chi connectivity index (χ2v) is 4.29. The van der Waals surface area contributed by atoms with E-state index < -0.39 is 29.1 Å². The number of rotatable bonds is 3. The molecule has 1 atom stereocenters. The molecule has 19 heavy (non-hydrogen) atoms. The topological polar surface area (TPSA) is 38.0 Å². The molecule has 0 spiro atoms. The van der Waals surface area contributed by atoms with Gasteiger partial charge in [0.1, 0.15) is 11.9 Å². The van der Waals surface area contributed by atoms with Crippen LogP contribution in [0, 0.1) is 17.5 Å². The second kappa shape index (κ2) is 5.22. The number of hydrogen-bond donors (Lipinski definition) is 1. The quantitative estimate of drug-likeness (QED) is 0.882. The maximum absolute atomic E-state index is 13.6. The van der Waals surface area contributed by atoms with Crippen LogP contribution in [0.4, 0.5) is 13.2 Å². The van der Waals surface area contributed by atoms with Gasteiger partial charge in [-0.1, -0.05) is 11.6 Å². The van der Waals surface area contributed by atoms with Gasteiger partial charge in [-0.3, -0.25) is 4.68 Å². The number of aliphatic hydroxyl groups excluding tert-OH is 1. The van der Waals surface area contributed by atoms with Crippen LogP contribution in [0.3, 0.4) is 0 Å². The fourth-order valence-electron chi connectivity index (χ4n) is 1.79. The summed E-state index contributed by atoms with van der Waals surface area (Å²) in [6, 6.07) is 0.993. The number of benzene rings is 1. The van der Waals surface area contributed by atoms with Crippen molar-refractivity contribution in [1.29, 1.82) is 0 Å². The number of aromatic nitrogens is 2. The van der Waals surface area contributed by atoms with E-state index in [1.807, 2.05) is 0 Å². The molecule has 0 radical (unpaired) electrons. The predicted octanol–water partition coefficient (Wildman–Crippen LogP) is 3.06. The Kier molecular flexibility index (Phi) is 3.82.